The number of methoxy groups -OCH3 is 1. The Morgan fingerprint density at radius 2 is 2.00 bits per heavy atom. The van der Waals surface area contributed by atoms with Crippen molar-refractivity contribution in [3.8, 4) is 5.75 Å². The number of carbonyl (C=O) groups is 1. The topological polar surface area (TPSA) is 109 Å². The first-order valence-electron chi connectivity index (χ1n) is 12.4. The molecule has 1 aliphatic heterocycles. The van der Waals surface area contributed by atoms with E-state index in [1.54, 1.807) is 52.3 Å². The van der Waals surface area contributed by atoms with Gasteiger partial charge in [-0.2, -0.15) is 0 Å². The fourth-order valence-electron chi connectivity index (χ4n) is 4.27. The van der Waals surface area contributed by atoms with E-state index in [9.17, 15) is 9.59 Å². The summed E-state index contributed by atoms with van der Waals surface area (Å²) in [4.78, 5) is 41.1. The number of fused-ring (bicyclic) bond motifs is 1. The summed E-state index contributed by atoms with van der Waals surface area (Å²) in [5, 5.41) is 1.10. The molecule has 4 heterocycles. The van der Waals surface area contributed by atoms with E-state index in [0.29, 0.717) is 46.8 Å². The van der Waals surface area contributed by atoms with Crippen LogP contribution < -0.4 is 19.6 Å². The molecule has 0 saturated heterocycles. The Bertz CT molecular complexity index is 1880. The number of hydrogen-bond acceptors (Lipinski definition) is 10. The maximum absolute atomic E-state index is 14.0. The number of aromatic nitrogens is 3. The second kappa shape index (κ2) is 12.1. The van der Waals surface area contributed by atoms with Gasteiger partial charge in [-0.3, -0.25) is 9.36 Å². The highest BCUT2D eigenvalue weighted by molar-refractivity contribution is 9.10. The van der Waals surface area contributed by atoms with Crippen molar-refractivity contribution in [2.45, 2.75) is 50.1 Å². The third-order valence-corrected chi connectivity index (χ3v) is 9.17. The maximum Gasteiger partial charge on any atom is 0.338 e. The molecule has 0 spiro atoms. The van der Waals surface area contributed by atoms with Crippen LogP contribution in [-0.4, -0.2) is 33.7 Å². The van der Waals surface area contributed by atoms with Crippen molar-refractivity contribution in [3.63, 3.8) is 0 Å². The monoisotopic (exact) mass is 718 g/mol. The van der Waals surface area contributed by atoms with Crippen LogP contribution in [0.4, 0.5) is 0 Å². The van der Waals surface area contributed by atoms with Crippen LogP contribution in [0.1, 0.15) is 43.8 Å². The van der Waals surface area contributed by atoms with Gasteiger partial charge in [-0.15, -0.1) is 0 Å². The minimum Gasteiger partial charge on any atom is -0.496 e. The molecule has 5 rings (SSSR count). The lowest BCUT2D eigenvalue weighted by atomic mass is 9.95. The lowest BCUT2D eigenvalue weighted by Gasteiger charge is -2.26. The first-order chi connectivity index (χ1) is 19.5. The minimum atomic E-state index is -0.819. The average Bonchev–Trinajstić information content (AvgIpc) is 3.40. The van der Waals surface area contributed by atoms with E-state index in [1.165, 1.54) is 27.7 Å². The van der Waals surface area contributed by atoms with Crippen LogP contribution in [-0.2, 0) is 9.53 Å². The summed E-state index contributed by atoms with van der Waals surface area (Å²) < 4.78 is 20.6. The molecule has 0 saturated carbocycles. The molecule has 212 valence electrons. The Kier molecular flexibility index (Phi) is 8.69. The molecule has 0 aliphatic carbocycles. The zero-order valence-corrected chi connectivity index (χ0v) is 27.4. The number of esters is 1. The van der Waals surface area contributed by atoms with Crippen molar-refractivity contribution < 1.29 is 18.7 Å². The fraction of sp³-hybridized carbons (Fsp3) is 0.250. The summed E-state index contributed by atoms with van der Waals surface area (Å²) in [5.74, 6) is 0.439. The van der Waals surface area contributed by atoms with Gasteiger partial charge in [-0.1, -0.05) is 27.3 Å². The van der Waals surface area contributed by atoms with E-state index < -0.39 is 12.0 Å². The third-order valence-electron chi connectivity index (χ3n) is 5.98. The van der Waals surface area contributed by atoms with Crippen molar-refractivity contribution in [1.82, 2.24) is 14.5 Å². The van der Waals surface area contributed by atoms with E-state index in [-0.39, 0.29) is 17.2 Å². The molecule has 41 heavy (non-hydrogen) atoms. The Labute approximate surface area is 260 Å². The van der Waals surface area contributed by atoms with Crippen LogP contribution in [0.25, 0.3) is 6.08 Å². The van der Waals surface area contributed by atoms with Gasteiger partial charge in [0.2, 0.25) is 0 Å². The Morgan fingerprint density at radius 1 is 1.22 bits per heavy atom. The van der Waals surface area contributed by atoms with Crippen molar-refractivity contribution in [2.24, 2.45) is 4.99 Å². The van der Waals surface area contributed by atoms with Gasteiger partial charge in [-0.05, 0) is 85.7 Å². The highest BCUT2D eigenvalue weighted by Gasteiger charge is 2.35. The standard InChI is InChI=1S/C28H24Br2N4O5S2/c1-13(2)38-25(36)22-15(4)33-28-34(23(22)18-10-16(29)6-7-20(18)37-5)24(35)21(40-28)12-17-11-19(30)26(39-17)41-27-31-9-8-14(3)32-27/h6-13,23H,1-5H3/b21-12-/t23-/m1/s1. The normalized spacial score (nSPS) is 15.2. The number of thiazole rings is 1. The Hall–Kier alpha value is -3.00. The zero-order chi connectivity index (χ0) is 29.4. The SMILES string of the molecule is COc1ccc(Br)cc1[C@@H]1C(C(=O)OC(C)C)=C(C)N=c2s/c(=C\c3cc(Br)c(Sc4nccc(C)n4)o3)c(=O)n21. The number of aryl methyl sites for hydroxylation is 1. The summed E-state index contributed by atoms with van der Waals surface area (Å²) in [6.45, 7) is 7.18. The molecule has 9 nitrogen and oxygen atoms in total. The fourth-order valence-corrected chi connectivity index (χ4v) is 6.99. The molecule has 4 aromatic rings. The van der Waals surface area contributed by atoms with Crippen LogP contribution in [0.15, 0.2) is 81.2 Å². The molecule has 0 unspecified atom stereocenters. The van der Waals surface area contributed by atoms with E-state index >= 15 is 0 Å². The maximum atomic E-state index is 14.0. The highest BCUT2D eigenvalue weighted by Crippen LogP contribution is 2.38. The van der Waals surface area contributed by atoms with E-state index in [2.05, 4.69) is 46.8 Å². The molecular formula is C28H24Br2N4O5S2. The predicted octanol–water partition coefficient (Wildman–Crippen LogP) is 5.56. The van der Waals surface area contributed by atoms with Crippen LogP contribution >= 0.6 is 55.0 Å². The number of nitrogens with zero attached hydrogens (tertiary/aromatic N) is 4. The second-order valence-corrected chi connectivity index (χ2v) is 13.0. The predicted molar refractivity (Wildman–Crippen MR) is 163 cm³/mol. The van der Waals surface area contributed by atoms with Gasteiger partial charge in [0.15, 0.2) is 15.1 Å². The van der Waals surface area contributed by atoms with Gasteiger partial charge in [0.1, 0.15) is 17.6 Å². The van der Waals surface area contributed by atoms with Gasteiger partial charge in [-0.25, -0.2) is 19.8 Å². The van der Waals surface area contributed by atoms with Gasteiger partial charge in [0.05, 0.1) is 33.5 Å². The van der Waals surface area contributed by atoms with Crippen LogP contribution in [0.3, 0.4) is 0 Å². The van der Waals surface area contributed by atoms with Crippen molar-refractivity contribution in [1.29, 1.82) is 0 Å². The lowest BCUT2D eigenvalue weighted by molar-refractivity contribution is -0.143. The Balaban J connectivity index is 1.64. The highest BCUT2D eigenvalue weighted by atomic mass is 79.9. The number of halogens is 2. The summed E-state index contributed by atoms with van der Waals surface area (Å²) in [7, 11) is 1.55. The van der Waals surface area contributed by atoms with Crippen molar-refractivity contribution in [2.75, 3.05) is 7.11 Å². The van der Waals surface area contributed by atoms with Crippen molar-refractivity contribution >= 4 is 67.0 Å². The lowest BCUT2D eigenvalue weighted by Crippen LogP contribution is -2.40. The molecular weight excluding hydrogens is 696 g/mol. The molecule has 1 atom stereocenters. The number of hydrogen-bond donors (Lipinski definition) is 0. The first kappa shape index (κ1) is 29.5. The molecule has 0 bridgehead atoms. The van der Waals surface area contributed by atoms with E-state index in [4.69, 9.17) is 13.9 Å². The average molecular weight is 720 g/mol. The molecule has 1 aromatic carbocycles. The van der Waals surface area contributed by atoms with Gasteiger partial charge < -0.3 is 13.9 Å². The number of benzene rings is 1. The minimum absolute atomic E-state index is 0.270. The van der Waals surface area contributed by atoms with Crippen LogP contribution in [0.5, 0.6) is 5.75 Å². The smallest absolute Gasteiger partial charge is 0.338 e. The summed E-state index contributed by atoms with van der Waals surface area (Å²) >= 11 is 9.53. The molecule has 0 fully saturated rings. The summed E-state index contributed by atoms with van der Waals surface area (Å²) in [6, 6.07) is 8.23. The number of rotatable bonds is 7. The quantitative estimate of drug-likeness (QED) is 0.181. The van der Waals surface area contributed by atoms with Crippen molar-refractivity contribution in [3.05, 3.63) is 93.4 Å². The van der Waals surface area contributed by atoms with Crippen LogP contribution in [0, 0.1) is 6.92 Å². The van der Waals surface area contributed by atoms with E-state index in [0.717, 1.165) is 10.2 Å². The molecule has 1 aliphatic rings. The molecule has 3 aromatic heterocycles. The third kappa shape index (κ3) is 6.13. The molecule has 0 N–H and O–H groups in total. The summed E-state index contributed by atoms with van der Waals surface area (Å²) in [6.07, 6.45) is 3.00. The van der Waals surface area contributed by atoms with Gasteiger partial charge in [0, 0.05) is 28.0 Å². The number of carbonyl (C=O) groups excluding carboxylic acids is 1. The Morgan fingerprint density at radius 3 is 2.71 bits per heavy atom. The molecule has 0 amide bonds. The molecule has 13 heteroatoms. The van der Waals surface area contributed by atoms with Gasteiger partial charge in [0.25, 0.3) is 5.56 Å². The van der Waals surface area contributed by atoms with Gasteiger partial charge >= 0.3 is 5.97 Å². The largest absolute Gasteiger partial charge is 0.496 e. The second-order valence-electron chi connectivity index (χ2n) is 9.29. The number of furan rings is 1. The summed E-state index contributed by atoms with van der Waals surface area (Å²) in [5.41, 5.74) is 1.87. The number of ether oxygens (including phenoxy) is 2. The first-order valence-corrected chi connectivity index (χ1v) is 15.6. The van der Waals surface area contributed by atoms with Crippen LogP contribution in [0.2, 0.25) is 0 Å². The molecule has 0 radical (unpaired) electrons. The zero-order valence-electron chi connectivity index (χ0n) is 22.6. The number of allylic oxidation sites excluding steroid dienone is 1. The van der Waals surface area contributed by atoms with E-state index in [1.807, 2.05) is 25.1 Å².